The Kier molecular flexibility index (Phi) is 7.18. The molecule has 0 spiro atoms. The molecule has 0 fully saturated rings. The summed E-state index contributed by atoms with van der Waals surface area (Å²) in [7, 11) is -2.81. The van der Waals surface area contributed by atoms with Gasteiger partial charge < -0.3 is 5.32 Å². The lowest BCUT2D eigenvalue weighted by Crippen LogP contribution is -2.28. The number of nitrogens with one attached hydrogen (secondary N) is 1. The van der Waals surface area contributed by atoms with Crippen LogP contribution in [0.25, 0.3) is 0 Å². The molecule has 0 aromatic rings. The molecule has 4 heteroatoms. The average Bonchev–Trinajstić information content (AvgIpc) is 2.08. The van der Waals surface area contributed by atoms with Gasteiger partial charge in [-0.2, -0.15) is 0 Å². The predicted molar refractivity (Wildman–Crippen MR) is 65.8 cm³/mol. The van der Waals surface area contributed by atoms with Gasteiger partial charge in [0.05, 0.1) is 5.75 Å². The highest BCUT2D eigenvalue weighted by atomic mass is 32.2. The zero-order chi connectivity index (χ0) is 11.9. The van der Waals surface area contributed by atoms with E-state index in [1.165, 1.54) is 6.26 Å². The number of sulfone groups is 1. The number of hydrogen-bond acceptors (Lipinski definition) is 3. The summed E-state index contributed by atoms with van der Waals surface area (Å²) in [6, 6.07) is 0. The Morgan fingerprint density at radius 2 is 1.87 bits per heavy atom. The van der Waals surface area contributed by atoms with Crippen LogP contribution in [0.15, 0.2) is 0 Å². The molecule has 92 valence electrons. The fourth-order valence-corrected chi connectivity index (χ4v) is 2.23. The highest BCUT2D eigenvalue weighted by molar-refractivity contribution is 7.90. The van der Waals surface area contributed by atoms with Crippen molar-refractivity contribution < 1.29 is 8.42 Å². The summed E-state index contributed by atoms with van der Waals surface area (Å²) in [4.78, 5) is 0. The van der Waals surface area contributed by atoms with E-state index in [9.17, 15) is 8.42 Å². The van der Waals surface area contributed by atoms with E-state index >= 15 is 0 Å². The van der Waals surface area contributed by atoms with Crippen molar-refractivity contribution in [3.63, 3.8) is 0 Å². The van der Waals surface area contributed by atoms with E-state index < -0.39 is 9.84 Å². The molecule has 0 heterocycles. The molecule has 0 amide bonds. The summed E-state index contributed by atoms with van der Waals surface area (Å²) >= 11 is 0. The van der Waals surface area contributed by atoms with Crippen molar-refractivity contribution in [3.8, 4) is 0 Å². The third-order valence-electron chi connectivity index (χ3n) is 2.64. The van der Waals surface area contributed by atoms with Crippen molar-refractivity contribution in [1.29, 1.82) is 0 Å². The molecule has 0 aromatic carbocycles. The Bertz CT molecular complexity index is 247. The standard InChI is InChI=1S/C11H25NO2S/c1-5-7-12-9-11(10(2)3)6-8-15(4,13)14/h10-12H,5-9H2,1-4H3. The van der Waals surface area contributed by atoms with Crippen LogP contribution in [0, 0.1) is 11.8 Å². The van der Waals surface area contributed by atoms with Crippen molar-refractivity contribution in [1.82, 2.24) is 5.32 Å². The number of rotatable bonds is 8. The molecule has 15 heavy (non-hydrogen) atoms. The van der Waals surface area contributed by atoms with Crippen molar-refractivity contribution >= 4 is 9.84 Å². The quantitative estimate of drug-likeness (QED) is 0.651. The Balaban J connectivity index is 3.94. The maximum absolute atomic E-state index is 11.1. The highest BCUT2D eigenvalue weighted by Gasteiger charge is 2.15. The lowest BCUT2D eigenvalue weighted by atomic mass is 9.93. The van der Waals surface area contributed by atoms with E-state index in [1.54, 1.807) is 0 Å². The van der Waals surface area contributed by atoms with Gasteiger partial charge in [-0.25, -0.2) is 8.42 Å². The largest absolute Gasteiger partial charge is 0.316 e. The summed E-state index contributed by atoms with van der Waals surface area (Å²) in [6.45, 7) is 8.39. The summed E-state index contributed by atoms with van der Waals surface area (Å²) in [5, 5.41) is 3.36. The second-order valence-corrected chi connectivity index (χ2v) is 6.89. The third-order valence-corrected chi connectivity index (χ3v) is 3.61. The van der Waals surface area contributed by atoms with Crippen molar-refractivity contribution in [2.24, 2.45) is 11.8 Å². The first-order chi connectivity index (χ1) is 6.87. The monoisotopic (exact) mass is 235 g/mol. The summed E-state index contributed by atoms with van der Waals surface area (Å²) in [5.74, 6) is 1.31. The van der Waals surface area contributed by atoms with Gasteiger partial charge >= 0.3 is 0 Å². The highest BCUT2D eigenvalue weighted by Crippen LogP contribution is 2.15. The smallest absolute Gasteiger partial charge is 0.147 e. The minimum absolute atomic E-state index is 0.309. The van der Waals surface area contributed by atoms with Gasteiger partial charge in [0.15, 0.2) is 0 Å². The minimum atomic E-state index is -2.81. The van der Waals surface area contributed by atoms with Crippen molar-refractivity contribution in [2.45, 2.75) is 33.6 Å². The Morgan fingerprint density at radius 3 is 2.27 bits per heavy atom. The molecule has 0 saturated heterocycles. The fraction of sp³-hybridized carbons (Fsp3) is 1.00. The Morgan fingerprint density at radius 1 is 1.27 bits per heavy atom. The van der Waals surface area contributed by atoms with E-state index in [1.807, 2.05) is 0 Å². The van der Waals surface area contributed by atoms with Gasteiger partial charge in [0.25, 0.3) is 0 Å². The number of hydrogen-bond donors (Lipinski definition) is 1. The zero-order valence-corrected chi connectivity index (χ0v) is 11.2. The van der Waals surface area contributed by atoms with Gasteiger partial charge in [0.1, 0.15) is 9.84 Å². The molecule has 1 unspecified atom stereocenters. The molecule has 0 aromatic heterocycles. The van der Waals surface area contributed by atoms with Crippen LogP contribution in [0.5, 0.6) is 0 Å². The fourth-order valence-electron chi connectivity index (χ4n) is 1.50. The normalized spacial score (nSPS) is 14.5. The molecule has 1 N–H and O–H groups in total. The van der Waals surface area contributed by atoms with Crippen LogP contribution in [0.4, 0.5) is 0 Å². The SMILES string of the molecule is CCCNCC(CCS(C)(=O)=O)C(C)C. The van der Waals surface area contributed by atoms with Crippen LogP contribution < -0.4 is 5.32 Å². The molecule has 0 radical (unpaired) electrons. The van der Waals surface area contributed by atoms with E-state index in [4.69, 9.17) is 0 Å². The van der Waals surface area contributed by atoms with E-state index in [-0.39, 0.29) is 0 Å². The van der Waals surface area contributed by atoms with Crippen LogP contribution in [0.1, 0.15) is 33.6 Å². The molecule has 1 atom stereocenters. The first kappa shape index (κ1) is 14.9. The second kappa shape index (κ2) is 7.23. The molecule has 0 aliphatic rings. The zero-order valence-electron chi connectivity index (χ0n) is 10.4. The van der Waals surface area contributed by atoms with Crippen molar-refractivity contribution in [3.05, 3.63) is 0 Å². The summed E-state index contributed by atoms with van der Waals surface area (Å²) in [5.41, 5.74) is 0. The van der Waals surface area contributed by atoms with Gasteiger partial charge in [-0.05, 0) is 37.8 Å². The summed E-state index contributed by atoms with van der Waals surface area (Å²) < 4.78 is 22.1. The van der Waals surface area contributed by atoms with Crippen molar-refractivity contribution in [2.75, 3.05) is 25.1 Å². The van der Waals surface area contributed by atoms with Crippen LogP contribution in [-0.2, 0) is 9.84 Å². The average molecular weight is 235 g/mol. The molecule has 0 bridgehead atoms. The molecule has 0 aliphatic carbocycles. The first-order valence-corrected chi connectivity index (χ1v) is 7.81. The Hall–Kier alpha value is -0.0900. The summed E-state index contributed by atoms with van der Waals surface area (Å²) in [6.07, 6.45) is 3.20. The molecule has 0 aliphatic heterocycles. The molecular formula is C11H25NO2S. The lowest BCUT2D eigenvalue weighted by molar-refractivity contribution is 0.353. The first-order valence-electron chi connectivity index (χ1n) is 5.75. The van der Waals surface area contributed by atoms with Gasteiger partial charge in [-0.1, -0.05) is 20.8 Å². The maximum atomic E-state index is 11.1. The predicted octanol–water partition coefficient (Wildman–Crippen LogP) is 1.69. The Labute approximate surface area is 94.6 Å². The molecule has 0 saturated carbocycles. The molecule has 0 rings (SSSR count). The third kappa shape index (κ3) is 8.88. The maximum Gasteiger partial charge on any atom is 0.147 e. The van der Waals surface area contributed by atoms with E-state index in [0.717, 1.165) is 25.9 Å². The van der Waals surface area contributed by atoms with Crippen LogP contribution in [0.3, 0.4) is 0 Å². The van der Waals surface area contributed by atoms with E-state index in [2.05, 4.69) is 26.1 Å². The molecular weight excluding hydrogens is 210 g/mol. The van der Waals surface area contributed by atoms with Gasteiger partial charge in [0.2, 0.25) is 0 Å². The second-order valence-electron chi connectivity index (χ2n) is 4.63. The molecule has 3 nitrogen and oxygen atoms in total. The van der Waals surface area contributed by atoms with E-state index in [0.29, 0.717) is 17.6 Å². The van der Waals surface area contributed by atoms with Crippen LogP contribution >= 0.6 is 0 Å². The topological polar surface area (TPSA) is 46.2 Å². The van der Waals surface area contributed by atoms with Crippen LogP contribution in [-0.4, -0.2) is 33.5 Å². The van der Waals surface area contributed by atoms with Gasteiger partial charge in [0, 0.05) is 6.26 Å². The van der Waals surface area contributed by atoms with Gasteiger partial charge in [-0.15, -0.1) is 0 Å². The van der Waals surface area contributed by atoms with Gasteiger partial charge in [-0.3, -0.25) is 0 Å². The lowest BCUT2D eigenvalue weighted by Gasteiger charge is -2.20. The minimum Gasteiger partial charge on any atom is -0.316 e. The van der Waals surface area contributed by atoms with Crippen LogP contribution in [0.2, 0.25) is 0 Å².